The molecular weight excluding hydrogens is 234 g/mol. The van der Waals surface area contributed by atoms with E-state index in [1.165, 1.54) is 56.6 Å². The van der Waals surface area contributed by atoms with Crippen LogP contribution in [0.4, 0.5) is 5.82 Å². The molecule has 0 aromatic carbocycles. The molecule has 1 aliphatic heterocycles. The van der Waals surface area contributed by atoms with Gasteiger partial charge < -0.3 is 10.2 Å². The summed E-state index contributed by atoms with van der Waals surface area (Å²) in [5.41, 5.74) is 1.37. The molecule has 19 heavy (non-hydrogen) atoms. The lowest BCUT2D eigenvalue weighted by Gasteiger charge is -2.18. The van der Waals surface area contributed by atoms with Crippen LogP contribution in [0.25, 0.3) is 0 Å². The Morgan fingerprint density at radius 3 is 3.05 bits per heavy atom. The number of anilines is 1. The molecule has 3 rings (SSSR count). The minimum Gasteiger partial charge on any atom is -0.356 e. The molecule has 3 nitrogen and oxygen atoms in total. The largest absolute Gasteiger partial charge is 0.356 e. The SMILES string of the molecule is CCCC1CCN(c2cc(CNC3CC3)ccn2)C1. The van der Waals surface area contributed by atoms with Gasteiger partial charge in [0, 0.05) is 31.9 Å². The van der Waals surface area contributed by atoms with Gasteiger partial charge in [-0.05, 0) is 49.3 Å². The zero-order valence-corrected chi connectivity index (χ0v) is 11.9. The lowest BCUT2D eigenvalue weighted by molar-refractivity contribution is 0.529. The number of nitrogens with zero attached hydrogens (tertiary/aromatic N) is 2. The molecular formula is C16H25N3. The zero-order valence-electron chi connectivity index (χ0n) is 11.9. The number of hydrogen-bond acceptors (Lipinski definition) is 3. The predicted molar refractivity (Wildman–Crippen MR) is 79.3 cm³/mol. The van der Waals surface area contributed by atoms with Crippen molar-refractivity contribution in [2.24, 2.45) is 5.92 Å². The van der Waals surface area contributed by atoms with E-state index >= 15 is 0 Å². The van der Waals surface area contributed by atoms with Gasteiger partial charge in [0.1, 0.15) is 5.82 Å². The lowest BCUT2D eigenvalue weighted by Crippen LogP contribution is -2.21. The highest BCUT2D eigenvalue weighted by Gasteiger charge is 2.23. The highest BCUT2D eigenvalue weighted by Crippen LogP contribution is 2.26. The van der Waals surface area contributed by atoms with Gasteiger partial charge in [0.25, 0.3) is 0 Å². The van der Waals surface area contributed by atoms with E-state index in [9.17, 15) is 0 Å². The van der Waals surface area contributed by atoms with Gasteiger partial charge >= 0.3 is 0 Å². The Morgan fingerprint density at radius 1 is 1.37 bits per heavy atom. The Bertz CT molecular complexity index is 414. The van der Waals surface area contributed by atoms with Gasteiger partial charge in [-0.1, -0.05) is 13.3 Å². The van der Waals surface area contributed by atoms with Gasteiger partial charge in [-0.2, -0.15) is 0 Å². The van der Waals surface area contributed by atoms with Crippen LogP contribution in [0.3, 0.4) is 0 Å². The summed E-state index contributed by atoms with van der Waals surface area (Å²) < 4.78 is 0. The Balaban J connectivity index is 1.59. The van der Waals surface area contributed by atoms with Crippen LogP contribution < -0.4 is 10.2 Å². The standard InChI is InChI=1S/C16H25N3/c1-2-3-13-7-9-19(12-13)16-10-14(6-8-17-16)11-18-15-4-5-15/h6,8,10,13,15,18H,2-5,7,9,11-12H2,1H3. The molecule has 3 heteroatoms. The molecule has 1 unspecified atom stereocenters. The molecule has 1 saturated carbocycles. The first-order valence-electron chi connectivity index (χ1n) is 7.78. The van der Waals surface area contributed by atoms with Crippen LogP contribution >= 0.6 is 0 Å². The van der Waals surface area contributed by atoms with E-state index < -0.39 is 0 Å². The molecule has 0 radical (unpaired) electrons. The third kappa shape index (κ3) is 3.47. The minimum absolute atomic E-state index is 0.775. The monoisotopic (exact) mass is 259 g/mol. The van der Waals surface area contributed by atoms with Gasteiger partial charge in [0.05, 0.1) is 0 Å². The molecule has 2 heterocycles. The van der Waals surface area contributed by atoms with Gasteiger partial charge in [-0.3, -0.25) is 0 Å². The summed E-state index contributed by atoms with van der Waals surface area (Å²) in [5, 5.41) is 3.57. The van der Waals surface area contributed by atoms with Gasteiger partial charge in [0.15, 0.2) is 0 Å². The third-order valence-electron chi connectivity index (χ3n) is 4.29. The summed E-state index contributed by atoms with van der Waals surface area (Å²) in [6.07, 6.45) is 8.66. The first-order chi connectivity index (χ1) is 9.35. The van der Waals surface area contributed by atoms with Crippen molar-refractivity contribution in [3.05, 3.63) is 23.9 Å². The number of rotatable bonds is 6. The maximum absolute atomic E-state index is 4.56. The molecule has 2 fully saturated rings. The molecule has 0 bridgehead atoms. The van der Waals surface area contributed by atoms with E-state index in [-0.39, 0.29) is 0 Å². The molecule has 1 N–H and O–H groups in total. The number of pyridine rings is 1. The maximum Gasteiger partial charge on any atom is 0.128 e. The fraction of sp³-hybridized carbons (Fsp3) is 0.688. The summed E-state index contributed by atoms with van der Waals surface area (Å²) >= 11 is 0. The van der Waals surface area contributed by atoms with E-state index in [4.69, 9.17) is 0 Å². The fourth-order valence-electron chi connectivity index (χ4n) is 2.98. The highest BCUT2D eigenvalue weighted by atomic mass is 15.2. The number of nitrogens with one attached hydrogen (secondary N) is 1. The van der Waals surface area contributed by atoms with Crippen LogP contribution in [0.2, 0.25) is 0 Å². The second-order valence-corrected chi connectivity index (χ2v) is 6.07. The summed E-state index contributed by atoms with van der Waals surface area (Å²) in [4.78, 5) is 7.02. The summed E-state index contributed by atoms with van der Waals surface area (Å²) in [5.74, 6) is 2.05. The number of aromatic nitrogens is 1. The van der Waals surface area contributed by atoms with E-state index in [2.05, 4.69) is 34.3 Å². The normalized spacial score (nSPS) is 23.0. The van der Waals surface area contributed by atoms with Crippen LogP contribution in [-0.4, -0.2) is 24.1 Å². The van der Waals surface area contributed by atoms with E-state index in [1.807, 2.05) is 6.20 Å². The van der Waals surface area contributed by atoms with E-state index in [1.54, 1.807) is 0 Å². The van der Waals surface area contributed by atoms with Crippen LogP contribution in [0.5, 0.6) is 0 Å². The van der Waals surface area contributed by atoms with Crippen molar-refractivity contribution < 1.29 is 0 Å². The Morgan fingerprint density at radius 2 is 2.26 bits per heavy atom. The van der Waals surface area contributed by atoms with E-state index in [0.29, 0.717) is 0 Å². The zero-order chi connectivity index (χ0) is 13.1. The van der Waals surface area contributed by atoms with Crippen LogP contribution in [0.1, 0.15) is 44.6 Å². The van der Waals surface area contributed by atoms with Crippen LogP contribution in [-0.2, 0) is 6.54 Å². The Kier molecular flexibility index (Phi) is 4.02. The van der Waals surface area contributed by atoms with Crippen molar-refractivity contribution in [2.45, 2.75) is 51.6 Å². The molecule has 1 aromatic rings. The molecule has 0 spiro atoms. The predicted octanol–water partition coefficient (Wildman–Crippen LogP) is 2.96. The van der Waals surface area contributed by atoms with Crippen LogP contribution in [0, 0.1) is 5.92 Å². The Hall–Kier alpha value is -1.09. The van der Waals surface area contributed by atoms with E-state index in [0.717, 1.165) is 18.5 Å². The molecule has 104 valence electrons. The smallest absolute Gasteiger partial charge is 0.128 e. The van der Waals surface area contributed by atoms with Crippen LogP contribution in [0.15, 0.2) is 18.3 Å². The van der Waals surface area contributed by atoms with Crippen molar-refractivity contribution in [3.63, 3.8) is 0 Å². The second-order valence-electron chi connectivity index (χ2n) is 6.07. The highest BCUT2D eigenvalue weighted by molar-refractivity contribution is 5.42. The molecule has 2 aliphatic rings. The third-order valence-corrected chi connectivity index (χ3v) is 4.29. The minimum atomic E-state index is 0.775. The average Bonchev–Trinajstić information content (AvgIpc) is 3.15. The molecule has 1 saturated heterocycles. The van der Waals surface area contributed by atoms with Crippen molar-refractivity contribution >= 4 is 5.82 Å². The van der Waals surface area contributed by atoms with Crippen molar-refractivity contribution in [1.29, 1.82) is 0 Å². The number of hydrogen-bond donors (Lipinski definition) is 1. The van der Waals surface area contributed by atoms with Gasteiger partial charge in [-0.25, -0.2) is 4.98 Å². The first-order valence-corrected chi connectivity index (χ1v) is 7.78. The average molecular weight is 259 g/mol. The van der Waals surface area contributed by atoms with Crippen molar-refractivity contribution in [3.8, 4) is 0 Å². The fourth-order valence-corrected chi connectivity index (χ4v) is 2.98. The topological polar surface area (TPSA) is 28.2 Å². The quantitative estimate of drug-likeness (QED) is 0.851. The summed E-state index contributed by atoms with van der Waals surface area (Å²) in [6, 6.07) is 5.18. The lowest BCUT2D eigenvalue weighted by atomic mass is 10.0. The summed E-state index contributed by atoms with van der Waals surface area (Å²) in [7, 11) is 0. The molecule has 1 aromatic heterocycles. The molecule has 0 amide bonds. The van der Waals surface area contributed by atoms with Crippen molar-refractivity contribution in [1.82, 2.24) is 10.3 Å². The maximum atomic E-state index is 4.56. The van der Waals surface area contributed by atoms with Crippen molar-refractivity contribution in [2.75, 3.05) is 18.0 Å². The molecule has 1 aliphatic carbocycles. The van der Waals surface area contributed by atoms with Gasteiger partial charge in [-0.15, -0.1) is 0 Å². The molecule has 1 atom stereocenters. The van der Waals surface area contributed by atoms with Gasteiger partial charge in [0.2, 0.25) is 0 Å². The first kappa shape index (κ1) is 12.9. The second kappa shape index (κ2) is 5.91. The Labute approximate surface area is 116 Å². The summed E-state index contributed by atoms with van der Waals surface area (Å²) in [6.45, 7) is 5.65.